The Morgan fingerprint density at radius 1 is 1.20 bits per heavy atom. The highest BCUT2D eigenvalue weighted by molar-refractivity contribution is 7.87. The van der Waals surface area contributed by atoms with Crippen LogP contribution in [0.2, 0.25) is 0 Å². The van der Waals surface area contributed by atoms with E-state index >= 15 is 0 Å². The fraction of sp³-hybridized carbons (Fsp3) is 0.476. The lowest BCUT2D eigenvalue weighted by Crippen LogP contribution is -2.41. The van der Waals surface area contributed by atoms with Crippen molar-refractivity contribution in [3.05, 3.63) is 46.2 Å². The minimum Gasteiger partial charge on any atom is -0.357 e. The highest BCUT2D eigenvalue weighted by atomic mass is 32.2. The number of allylic oxidation sites excluding steroid dienone is 1. The minimum absolute atomic E-state index is 0.0572. The van der Waals surface area contributed by atoms with Crippen molar-refractivity contribution in [3.8, 4) is 0 Å². The number of rotatable bonds is 2. The van der Waals surface area contributed by atoms with Gasteiger partial charge in [0.1, 0.15) is 0 Å². The normalized spacial score (nSPS) is 24.2. The number of carbonyl (C=O) groups excluding carboxylic acids is 1. The van der Waals surface area contributed by atoms with E-state index in [2.05, 4.69) is 9.17 Å². The Morgan fingerprint density at radius 3 is 2.50 bits per heavy atom. The number of hydrogen-bond acceptors (Lipinski definition) is 4. The number of fused-ring (bicyclic) bond motifs is 3. The molecular weight excluding hydrogens is 419 g/mol. The minimum atomic E-state index is -5.72. The third-order valence-corrected chi connectivity index (χ3v) is 7.37. The lowest BCUT2D eigenvalue weighted by atomic mass is 9.64. The van der Waals surface area contributed by atoms with E-state index in [0.29, 0.717) is 22.4 Å². The lowest BCUT2D eigenvalue weighted by molar-refractivity contribution is -0.0596. The number of H-pyrrole nitrogens is 1. The summed E-state index contributed by atoms with van der Waals surface area (Å²) < 4.78 is 66.2. The lowest BCUT2D eigenvalue weighted by Gasteiger charge is -2.41. The van der Waals surface area contributed by atoms with Crippen LogP contribution in [0.5, 0.6) is 0 Å². The van der Waals surface area contributed by atoms with Crippen LogP contribution in [0.15, 0.2) is 29.3 Å². The van der Waals surface area contributed by atoms with Gasteiger partial charge in [0.25, 0.3) is 0 Å². The fourth-order valence-corrected chi connectivity index (χ4v) is 5.32. The van der Waals surface area contributed by atoms with Crippen LogP contribution in [0.4, 0.5) is 13.2 Å². The van der Waals surface area contributed by atoms with Crippen LogP contribution >= 0.6 is 0 Å². The monoisotopic (exact) mass is 441 g/mol. The molecule has 2 atom stereocenters. The summed E-state index contributed by atoms with van der Waals surface area (Å²) >= 11 is 0. The van der Waals surface area contributed by atoms with Gasteiger partial charge in [-0.1, -0.05) is 32.9 Å². The van der Waals surface area contributed by atoms with Gasteiger partial charge in [0, 0.05) is 27.6 Å². The Balaban J connectivity index is 1.79. The molecule has 0 aliphatic heterocycles. The zero-order chi connectivity index (χ0) is 22.2. The van der Waals surface area contributed by atoms with Gasteiger partial charge in [-0.3, -0.25) is 8.98 Å². The second-order valence-corrected chi connectivity index (χ2v) is 10.3. The summed E-state index contributed by atoms with van der Waals surface area (Å²) in [5.41, 5.74) is -1.86. The van der Waals surface area contributed by atoms with Gasteiger partial charge in [-0.05, 0) is 42.9 Å². The summed E-state index contributed by atoms with van der Waals surface area (Å²) in [7, 11) is -5.72. The number of aromatic nitrogens is 1. The van der Waals surface area contributed by atoms with E-state index in [1.807, 2.05) is 39.0 Å². The van der Waals surface area contributed by atoms with E-state index in [-0.39, 0.29) is 18.6 Å². The zero-order valence-corrected chi connectivity index (χ0v) is 17.8. The molecule has 0 amide bonds. The first kappa shape index (κ1) is 21.1. The number of aromatic amines is 1. The molecule has 2 aliphatic rings. The fourth-order valence-electron chi connectivity index (χ4n) is 4.63. The van der Waals surface area contributed by atoms with Crippen LogP contribution in [-0.4, -0.2) is 30.8 Å². The predicted octanol–water partition coefficient (Wildman–Crippen LogP) is 4.91. The quantitative estimate of drug-likeness (QED) is 0.531. The van der Waals surface area contributed by atoms with Gasteiger partial charge in [0.15, 0.2) is 5.78 Å². The summed E-state index contributed by atoms with van der Waals surface area (Å²) in [4.78, 5) is 16.7. The summed E-state index contributed by atoms with van der Waals surface area (Å²) in [5.74, 6) is -0.715. The maximum atomic E-state index is 13.4. The Hall–Kier alpha value is -2.13. The molecular formula is C21H22F3NO4S. The summed E-state index contributed by atoms with van der Waals surface area (Å²) in [6.07, 6.45) is -1.08. The SMILES string of the molecule is Cc1ccc2c3c([nH]c2c1)C(C)(C)C1=C(CC(C)C(OS(=O)(=O)C(F)(F)F)C1)C3=O. The van der Waals surface area contributed by atoms with Crippen molar-refractivity contribution in [2.24, 2.45) is 5.92 Å². The molecule has 9 heteroatoms. The number of ketones is 1. The third-order valence-electron chi connectivity index (χ3n) is 6.30. The van der Waals surface area contributed by atoms with Gasteiger partial charge < -0.3 is 4.98 Å². The van der Waals surface area contributed by atoms with E-state index in [9.17, 15) is 26.4 Å². The van der Waals surface area contributed by atoms with Crippen molar-refractivity contribution in [2.45, 2.75) is 57.6 Å². The molecule has 0 saturated heterocycles. The second kappa shape index (κ2) is 6.43. The van der Waals surface area contributed by atoms with E-state index < -0.39 is 33.1 Å². The molecule has 5 nitrogen and oxygen atoms in total. The number of hydrogen-bond donors (Lipinski definition) is 1. The summed E-state index contributed by atoms with van der Waals surface area (Å²) in [6.45, 7) is 7.33. The molecule has 0 radical (unpaired) electrons. The van der Waals surface area contributed by atoms with Gasteiger partial charge in [-0.2, -0.15) is 21.6 Å². The number of Topliss-reactive ketones (excluding diaryl/α,β-unsaturated/α-hetero) is 1. The van der Waals surface area contributed by atoms with E-state index in [1.54, 1.807) is 6.92 Å². The average Bonchev–Trinajstić information content (AvgIpc) is 3.00. The van der Waals surface area contributed by atoms with Gasteiger partial charge in [-0.15, -0.1) is 0 Å². The molecule has 30 heavy (non-hydrogen) atoms. The molecule has 2 aliphatic carbocycles. The van der Waals surface area contributed by atoms with Gasteiger partial charge >= 0.3 is 15.6 Å². The molecule has 0 spiro atoms. The van der Waals surface area contributed by atoms with Crippen LogP contribution in [-0.2, 0) is 19.7 Å². The molecule has 1 heterocycles. The Labute approximate surface area is 172 Å². The van der Waals surface area contributed by atoms with Crippen LogP contribution in [0.25, 0.3) is 10.9 Å². The van der Waals surface area contributed by atoms with Crippen molar-refractivity contribution in [1.29, 1.82) is 0 Å². The Bertz CT molecular complexity index is 1200. The summed E-state index contributed by atoms with van der Waals surface area (Å²) in [6, 6.07) is 5.77. The number of halogens is 3. The zero-order valence-electron chi connectivity index (χ0n) is 17.0. The maximum Gasteiger partial charge on any atom is 0.523 e. The third kappa shape index (κ3) is 3.01. The van der Waals surface area contributed by atoms with E-state index in [0.717, 1.165) is 16.5 Å². The number of nitrogens with one attached hydrogen (secondary N) is 1. The first-order chi connectivity index (χ1) is 13.7. The largest absolute Gasteiger partial charge is 0.523 e. The molecule has 1 aromatic carbocycles. The van der Waals surface area contributed by atoms with Crippen LogP contribution in [0.3, 0.4) is 0 Å². The highest BCUT2D eigenvalue weighted by Gasteiger charge is 2.51. The van der Waals surface area contributed by atoms with Crippen LogP contribution < -0.4 is 0 Å². The van der Waals surface area contributed by atoms with Crippen molar-refractivity contribution >= 4 is 26.8 Å². The van der Waals surface area contributed by atoms with Crippen molar-refractivity contribution in [3.63, 3.8) is 0 Å². The standard InChI is InChI=1S/C21H22F3NO4S/c1-10-5-6-12-15(7-10)25-19-17(12)18(26)13-8-11(2)16(9-14(13)20(19,3)4)29-30(27,28)21(22,23)24/h5-7,11,16,25H,8-9H2,1-4H3. The molecule has 2 unspecified atom stereocenters. The smallest absolute Gasteiger partial charge is 0.357 e. The predicted molar refractivity (Wildman–Crippen MR) is 106 cm³/mol. The molecule has 1 N–H and O–H groups in total. The molecule has 0 fully saturated rings. The molecule has 2 aromatic rings. The number of alkyl halides is 3. The first-order valence-electron chi connectivity index (χ1n) is 9.63. The number of benzene rings is 1. The van der Waals surface area contributed by atoms with E-state index in [1.165, 1.54) is 0 Å². The number of aryl methyl sites for hydroxylation is 1. The highest BCUT2D eigenvalue weighted by Crippen LogP contribution is 2.50. The Morgan fingerprint density at radius 2 is 1.87 bits per heavy atom. The summed E-state index contributed by atoms with van der Waals surface area (Å²) in [5, 5.41) is 0.811. The first-order valence-corrected chi connectivity index (χ1v) is 11.0. The van der Waals surface area contributed by atoms with Crippen molar-refractivity contribution in [2.75, 3.05) is 0 Å². The maximum absolute atomic E-state index is 13.4. The number of carbonyl (C=O) groups is 1. The van der Waals surface area contributed by atoms with Crippen molar-refractivity contribution in [1.82, 2.24) is 4.98 Å². The van der Waals surface area contributed by atoms with Crippen LogP contribution in [0, 0.1) is 12.8 Å². The van der Waals surface area contributed by atoms with Crippen LogP contribution in [0.1, 0.15) is 55.2 Å². The molecule has 0 bridgehead atoms. The van der Waals surface area contributed by atoms with Crippen molar-refractivity contribution < 1.29 is 30.6 Å². The van der Waals surface area contributed by atoms with Gasteiger partial charge in [-0.25, -0.2) is 0 Å². The topological polar surface area (TPSA) is 76.2 Å². The molecule has 4 rings (SSSR count). The Kier molecular flexibility index (Phi) is 4.53. The second-order valence-electron chi connectivity index (χ2n) is 8.76. The molecule has 162 valence electrons. The molecule has 0 saturated carbocycles. The van der Waals surface area contributed by atoms with Gasteiger partial charge in [0.05, 0.1) is 11.7 Å². The van der Waals surface area contributed by atoms with E-state index in [4.69, 9.17) is 0 Å². The molecule has 1 aromatic heterocycles. The van der Waals surface area contributed by atoms with Gasteiger partial charge in [0.2, 0.25) is 0 Å². The average molecular weight is 441 g/mol.